The molecule has 0 amide bonds. The Balaban J connectivity index is 2.48. The van der Waals surface area contributed by atoms with E-state index in [0.29, 0.717) is 16.4 Å². The molecule has 0 aliphatic carbocycles. The highest BCUT2D eigenvalue weighted by atomic mass is 35.5. The predicted octanol–water partition coefficient (Wildman–Crippen LogP) is 2.77. The third-order valence-electron chi connectivity index (χ3n) is 2.35. The van der Waals surface area contributed by atoms with E-state index in [1.807, 2.05) is 25.2 Å². The van der Waals surface area contributed by atoms with Crippen LogP contribution in [0.1, 0.15) is 5.56 Å². The van der Waals surface area contributed by atoms with Crippen LogP contribution in [0.4, 0.5) is 11.5 Å². The Morgan fingerprint density at radius 3 is 2.82 bits per heavy atom. The lowest BCUT2D eigenvalue weighted by atomic mass is 10.2. The second-order valence-corrected chi connectivity index (χ2v) is 3.79. The summed E-state index contributed by atoms with van der Waals surface area (Å²) >= 11 is 6.01. The number of anilines is 2. The molecule has 2 aromatic rings. The van der Waals surface area contributed by atoms with Gasteiger partial charge in [0.1, 0.15) is 17.4 Å². The third kappa shape index (κ3) is 2.19. The van der Waals surface area contributed by atoms with E-state index in [4.69, 9.17) is 16.9 Å². The average molecular weight is 245 g/mol. The zero-order valence-corrected chi connectivity index (χ0v) is 9.89. The smallest absolute Gasteiger partial charge is 0.155 e. The summed E-state index contributed by atoms with van der Waals surface area (Å²) in [5.41, 5.74) is 1.33. The standard InChI is InChI=1S/C12H9ClN4/c1-17(12-10(13)7-15-8-16-12)11-5-3-2-4-9(11)6-14/h2-5,7-8H,1H3. The van der Waals surface area contributed by atoms with E-state index in [1.54, 1.807) is 11.0 Å². The van der Waals surface area contributed by atoms with Crippen molar-refractivity contribution in [1.82, 2.24) is 9.97 Å². The van der Waals surface area contributed by atoms with Crippen molar-refractivity contribution in [2.24, 2.45) is 0 Å². The Kier molecular flexibility index (Phi) is 3.22. The third-order valence-corrected chi connectivity index (χ3v) is 2.62. The van der Waals surface area contributed by atoms with E-state index in [0.717, 1.165) is 5.69 Å². The Hall–Kier alpha value is -2.12. The fourth-order valence-corrected chi connectivity index (χ4v) is 1.76. The topological polar surface area (TPSA) is 52.8 Å². The average Bonchev–Trinajstić information content (AvgIpc) is 2.38. The van der Waals surface area contributed by atoms with Crippen molar-refractivity contribution in [2.75, 3.05) is 11.9 Å². The molecule has 0 unspecified atom stereocenters. The predicted molar refractivity (Wildman–Crippen MR) is 66.3 cm³/mol. The van der Waals surface area contributed by atoms with Gasteiger partial charge in [0.2, 0.25) is 0 Å². The maximum Gasteiger partial charge on any atom is 0.155 e. The van der Waals surface area contributed by atoms with Crippen LogP contribution in [0.3, 0.4) is 0 Å². The number of nitriles is 1. The molecule has 0 N–H and O–H groups in total. The van der Waals surface area contributed by atoms with Crippen LogP contribution >= 0.6 is 11.6 Å². The Bertz CT molecular complexity index is 577. The van der Waals surface area contributed by atoms with Crippen LogP contribution in [0.15, 0.2) is 36.8 Å². The molecule has 5 heteroatoms. The van der Waals surface area contributed by atoms with Crippen LogP contribution in [0.25, 0.3) is 0 Å². The molecule has 4 nitrogen and oxygen atoms in total. The zero-order chi connectivity index (χ0) is 12.3. The van der Waals surface area contributed by atoms with E-state index < -0.39 is 0 Å². The minimum absolute atomic E-state index is 0.447. The first kappa shape index (κ1) is 11.4. The molecular weight excluding hydrogens is 236 g/mol. The van der Waals surface area contributed by atoms with Crippen LogP contribution < -0.4 is 4.90 Å². The summed E-state index contributed by atoms with van der Waals surface area (Å²) < 4.78 is 0. The molecule has 0 radical (unpaired) electrons. The summed E-state index contributed by atoms with van der Waals surface area (Å²) in [5, 5.41) is 9.49. The molecule has 1 heterocycles. The summed E-state index contributed by atoms with van der Waals surface area (Å²) in [5.74, 6) is 0.573. The van der Waals surface area contributed by atoms with Crippen LogP contribution in [-0.2, 0) is 0 Å². The monoisotopic (exact) mass is 244 g/mol. The van der Waals surface area contributed by atoms with Gasteiger partial charge in [-0.15, -0.1) is 0 Å². The van der Waals surface area contributed by atoms with Crippen molar-refractivity contribution in [3.8, 4) is 6.07 Å². The van der Waals surface area contributed by atoms with Crippen LogP contribution in [0.2, 0.25) is 5.02 Å². The van der Waals surface area contributed by atoms with Gasteiger partial charge < -0.3 is 4.90 Å². The number of aromatic nitrogens is 2. The lowest BCUT2D eigenvalue weighted by molar-refractivity contribution is 1.08. The molecule has 2 rings (SSSR count). The van der Waals surface area contributed by atoms with E-state index in [1.165, 1.54) is 12.5 Å². The molecule has 0 fully saturated rings. The van der Waals surface area contributed by atoms with Crippen molar-refractivity contribution in [2.45, 2.75) is 0 Å². The molecular formula is C12H9ClN4. The quantitative estimate of drug-likeness (QED) is 0.815. The molecule has 0 atom stereocenters. The molecule has 1 aromatic heterocycles. The number of nitrogens with zero attached hydrogens (tertiary/aromatic N) is 4. The fraction of sp³-hybridized carbons (Fsp3) is 0.0833. The second-order valence-electron chi connectivity index (χ2n) is 3.38. The van der Waals surface area contributed by atoms with Gasteiger partial charge in [-0.3, -0.25) is 0 Å². The van der Waals surface area contributed by atoms with Crippen LogP contribution in [-0.4, -0.2) is 17.0 Å². The minimum atomic E-state index is 0.447. The molecule has 0 saturated carbocycles. The number of rotatable bonds is 2. The molecule has 84 valence electrons. The van der Waals surface area contributed by atoms with Gasteiger partial charge in [0.25, 0.3) is 0 Å². The van der Waals surface area contributed by atoms with E-state index in [-0.39, 0.29) is 0 Å². The van der Waals surface area contributed by atoms with Gasteiger partial charge in [-0.05, 0) is 12.1 Å². The molecule has 0 bridgehead atoms. The summed E-state index contributed by atoms with van der Waals surface area (Å²) in [4.78, 5) is 9.70. The van der Waals surface area contributed by atoms with Gasteiger partial charge in [0.05, 0.1) is 17.4 Å². The van der Waals surface area contributed by atoms with Gasteiger partial charge >= 0.3 is 0 Å². The second kappa shape index (κ2) is 4.81. The van der Waals surface area contributed by atoms with Gasteiger partial charge in [0.15, 0.2) is 5.82 Å². The molecule has 1 aromatic carbocycles. The number of benzene rings is 1. The van der Waals surface area contributed by atoms with E-state index in [9.17, 15) is 0 Å². The fourth-order valence-electron chi connectivity index (χ4n) is 1.53. The normalized spacial score (nSPS) is 9.71. The first-order valence-electron chi connectivity index (χ1n) is 4.92. The molecule has 0 saturated heterocycles. The lowest BCUT2D eigenvalue weighted by Crippen LogP contribution is -2.13. The maximum atomic E-state index is 9.04. The molecule has 0 aliphatic heterocycles. The van der Waals surface area contributed by atoms with E-state index >= 15 is 0 Å². The summed E-state index contributed by atoms with van der Waals surface area (Å²) in [6.45, 7) is 0. The van der Waals surface area contributed by atoms with E-state index in [2.05, 4.69) is 16.0 Å². The largest absolute Gasteiger partial charge is 0.327 e. The van der Waals surface area contributed by atoms with Crippen molar-refractivity contribution >= 4 is 23.1 Å². The number of hydrogen-bond donors (Lipinski definition) is 0. The van der Waals surface area contributed by atoms with Gasteiger partial charge in [-0.1, -0.05) is 23.7 Å². The van der Waals surface area contributed by atoms with Crippen molar-refractivity contribution in [1.29, 1.82) is 5.26 Å². The highest BCUT2D eigenvalue weighted by Gasteiger charge is 2.12. The molecule has 0 spiro atoms. The minimum Gasteiger partial charge on any atom is -0.327 e. The van der Waals surface area contributed by atoms with Crippen LogP contribution in [0.5, 0.6) is 0 Å². The van der Waals surface area contributed by atoms with Gasteiger partial charge in [-0.2, -0.15) is 5.26 Å². The summed E-state index contributed by atoms with van der Waals surface area (Å²) in [7, 11) is 1.81. The zero-order valence-electron chi connectivity index (χ0n) is 9.13. The first-order chi connectivity index (χ1) is 8.24. The van der Waals surface area contributed by atoms with Crippen molar-refractivity contribution < 1.29 is 0 Å². The maximum absolute atomic E-state index is 9.04. The molecule has 0 aliphatic rings. The van der Waals surface area contributed by atoms with Gasteiger partial charge in [-0.25, -0.2) is 9.97 Å². The lowest BCUT2D eigenvalue weighted by Gasteiger charge is -2.19. The summed E-state index contributed by atoms with van der Waals surface area (Å²) in [6, 6.07) is 9.41. The molecule has 17 heavy (non-hydrogen) atoms. The Morgan fingerprint density at radius 1 is 1.35 bits per heavy atom. The van der Waals surface area contributed by atoms with Crippen molar-refractivity contribution in [3.05, 3.63) is 47.4 Å². The SMILES string of the molecule is CN(c1ccccc1C#N)c1ncncc1Cl. The number of hydrogen-bond acceptors (Lipinski definition) is 4. The number of para-hydroxylation sites is 1. The highest BCUT2D eigenvalue weighted by Crippen LogP contribution is 2.29. The summed E-state index contributed by atoms with van der Waals surface area (Å²) in [6.07, 6.45) is 2.95. The first-order valence-corrected chi connectivity index (χ1v) is 5.30. The Labute approximate surface area is 104 Å². The highest BCUT2D eigenvalue weighted by molar-refractivity contribution is 6.32. The van der Waals surface area contributed by atoms with Crippen molar-refractivity contribution in [3.63, 3.8) is 0 Å². The van der Waals surface area contributed by atoms with Gasteiger partial charge in [0, 0.05) is 7.05 Å². The Morgan fingerprint density at radius 2 is 2.12 bits per heavy atom. The number of halogens is 1. The van der Waals surface area contributed by atoms with Crippen LogP contribution in [0, 0.1) is 11.3 Å².